The predicted octanol–water partition coefficient (Wildman–Crippen LogP) is 1.31. The molecular weight excluding hydrogens is 421 g/mol. The van der Waals surface area contributed by atoms with Crippen molar-refractivity contribution in [3.05, 3.63) is 36.3 Å². The second-order valence-corrected chi connectivity index (χ2v) is 5.56. The lowest BCUT2D eigenvalue weighted by Gasteiger charge is -2.32. The number of aliphatic imine (C=N–C) groups is 1. The van der Waals surface area contributed by atoms with Crippen LogP contribution in [0, 0.1) is 0 Å². The van der Waals surface area contributed by atoms with Crippen LogP contribution in [0.2, 0.25) is 0 Å². The fourth-order valence-electron chi connectivity index (χ4n) is 2.61. The quantitative estimate of drug-likeness (QED) is 0.265. The van der Waals surface area contributed by atoms with Gasteiger partial charge in [-0.05, 0) is 25.0 Å². The summed E-state index contributed by atoms with van der Waals surface area (Å²) in [6.07, 6.45) is 4.08. The average molecular weight is 447 g/mol. The van der Waals surface area contributed by atoms with Crippen LogP contribution in [0.3, 0.4) is 0 Å². The highest BCUT2D eigenvalue weighted by Gasteiger charge is 2.19. The number of likely N-dealkylation sites (tertiary alicyclic amines) is 1. The smallest absolute Gasteiger partial charge is 0.284 e. The Kier molecular flexibility index (Phi) is 8.83. The molecule has 0 bridgehead atoms. The van der Waals surface area contributed by atoms with Gasteiger partial charge < -0.3 is 20.8 Å². The highest BCUT2D eigenvalue weighted by Crippen LogP contribution is 2.10. The van der Waals surface area contributed by atoms with E-state index >= 15 is 0 Å². The van der Waals surface area contributed by atoms with Gasteiger partial charge in [0, 0.05) is 32.7 Å². The van der Waals surface area contributed by atoms with E-state index in [-0.39, 0.29) is 29.7 Å². The maximum absolute atomic E-state index is 11.0. The average Bonchev–Trinajstić information content (AvgIpc) is 3.02. The van der Waals surface area contributed by atoms with E-state index in [4.69, 9.17) is 10.2 Å². The van der Waals surface area contributed by atoms with Crippen LogP contribution in [0.4, 0.5) is 0 Å². The number of nitrogens with zero attached hydrogens (tertiary/aromatic N) is 2. The first kappa shape index (κ1) is 20.5. The molecule has 134 valence electrons. The molecule has 0 aromatic carbocycles. The summed E-state index contributed by atoms with van der Waals surface area (Å²) < 4.78 is 5.34. The molecule has 0 spiro atoms. The number of hydrogen-bond acceptors (Lipinski definition) is 4. The molecule has 1 aromatic heterocycles. The maximum atomic E-state index is 11.0. The zero-order valence-electron chi connectivity index (χ0n) is 14.0. The van der Waals surface area contributed by atoms with Gasteiger partial charge in [0.2, 0.25) is 0 Å². The molecule has 1 saturated heterocycles. The summed E-state index contributed by atoms with van der Waals surface area (Å²) in [5, 5.41) is 6.61. The molecule has 1 aliphatic heterocycles. The number of rotatable bonds is 6. The summed E-state index contributed by atoms with van der Waals surface area (Å²) in [6.45, 7) is 7.28. The Balaban J connectivity index is 0.00000288. The largest absolute Gasteiger partial charge is 0.454 e. The van der Waals surface area contributed by atoms with Crippen molar-refractivity contribution in [2.45, 2.75) is 25.4 Å². The molecule has 1 aromatic rings. The maximum Gasteiger partial charge on any atom is 0.284 e. The van der Waals surface area contributed by atoms with Gasteiger partial charge in [0.15, 0.2) is 11.7 Å². The van der Waals surface area contributed by atoms with Gasteiger partial charge in [-0.1, -0.05) is 6.08 Å². The Hall–Kier alpha value is -1.55. The van der Waals surface area contributed by atoms with E-state index in [2.05, 4.69) is 27.1 Å². The lowest BCUT2D eigenvalue weighted by Crippen LogP contribution is -2.48. The summed E-state index contributed by atoms with van der Waals surface area (Å²) in [7, 11) is 1.74. The lowest BCUT2D eigenvalue weighted by atomic mass is 10.1. The van der Waals surface area contributed by atoms with Crippen molar-refractivity contribution < 1.29 is 9.21 Å². The minimum absolute atomic E-state index is 0. The van der Waals surface area contributed by atoms with Crippen molar-refractivity contribution in [1.82, 2.24) is 15.5 Å². The van der Waals surface area contributed by atoms with Crippen molar-refractivity contribution >= 4 is 35.8 Å². The molecule has 7 nitrogen and oxygen atoms in total. The van der Waals surface area contributed by atoms with Crippen LogP contribution in [0.5, 0.6) is 0 Å². The summed E-state index contributed by atoms with van der Waals surface area (Å²) >= 11 is 0. The molecule has 4 N–H and O–H groups in total. The molecule has 0 saturated carbocycles. The van der Waals surface area contributed by atoms with Crippen molar-refractivity contribution in [1.29, 1.82) is 0 Å². The number of nitrogens with two attached hydrogens (primary N) is 1. The zero-order chi connectivity index (χ0) is 16.7. The molecule has 1 amide bonds. The number of guanidine groups is 1. The van der Waals surface area contributed by atoms with Crippen molar-refractivity contribution in [2.75, 3.05) is 26.7 Å². The monoisotopic (exact) mass is 447 g/mol. The second kappa shape index (κ2) is 10.3. The number of piperidine rings is 1. The molecule has 1 fully saturated rings. The van der Waals surface area contributed by atoms with Gasteiger partial charge >= 0.3 is 0 Å². The molecular formula is C16H26IN5O2. The van der Waals surface area contributed by atoms with E-state index in [1.807, 2.05) is 6.08 Å². The second-order valence-electron chi connectivity index (χ2n) is 5.56. The predicted molar refractivity (Wildman–Crippen MR) is 106 cm³/mol. The Bertz CT molecular complexity index is 565. The van der Waals surface area contributed by atoms with Crippen LogP contribution in [0.25, 0.3) is 0 Å². The standard InChI is InChI=1S/C16H25N5O2.HI/c1-3-8-21-9-6-12(7-10-21)20-16(18-2)19-11-13-4-5-14(23-13)15(17)22;/h3-5,12H,1,6-11H2,2H3,(H2,17,22)(H2,18,19,20);1H. The number of primary amides is 1. The fraction of sp³-hybridized carbons (Fsp3) is 0.500. The number of halogens is 1. The number of amides is 1. The molecule has 24 heavy (non-hydrogen) atoms. The van der Waals surface area contributed by atoms with Crippen LogP contribution in [0.15, 0.2) is 34.2 Å². The first-order chi connectivity index (χ1) is 11.1. The number of carbonyl (C=O) groups is 1. The van der Waals surface area contributed by atoms with E-state index in [1.54, 1.807) is 19.2 Å². The van der Waals surface area contributed by atoms with E-state index in [0.29, 0.717) is 18.3 Å². The number of carbonyl (C=O) groups excluding carboxylic acids is 1. The lowest BCUT2D eigenvalue weighted by molar-refractivity contribution is 0.0972. The minimum atomic E-state index is -0.565. The van der Waals surface area contributed by atoms with Crippen LogP contribution in [-0.4, -0.2) is 49.5 Å². The third-order valence-corrected chi connectivity index (χ3v) is 3.87. The topological polar surface area (TPSA) is 95.9 Å². The number of hydrogen-bond donors (Lipinski definition) is 3. The van der Waals surface area contributed by atoms with Gasteiger partial charge in [-0.2, -0.15) is 0 Å². The highest BCUT2D eigenvalue weighted by molar-refractivity contribution is 14.0. The Labute approximate surface area is 159 Å². The van der Waals surface area contributed by atoms with E-state index in [9.17, 15) is 4.79 Å². The highest BCUT2D eigenvalue weighted by atomic mass is 127. The molecule has 0 unspecified atom stereocenters. The molecule has 8 heteroatoms. The van der Waals surface area contributed by atoms with Crippen molar-refractivity contribution in [3.8, 4) is 0 Å². The number of furan rings is 1. The molecule has 0 aliphatic carbocycles. The van der Waals surface area contributed by atoms with Gasteiger partial charge in [-0.25, -0.2) is 0 Å². The Morgan fingerprint density at radius 3 is 2.75 bits per heavy atom. The molecule has 1 aliphatic rings. The third kappa shape index (κ3) is 6.16. The Morgan fingerprint density at radius 2 is 2.21 bits per heavy atom. The van der Waals surface area contributed by atoms with Gasteiger partial charge in [0.05, 0.1) is 6.54 Å². The first-order valence-corrected chi connectivity index (χ1v) is 7.81. The van der Waals surface area contributed by atoms with Crippen molar-refractivity contribution in [2.24, 2.45) is 10.7 Å². The minimum Gasteiger partial charge on any atom is -0.454 e. The van der Waals surface area contributed by atoms with Crippen LogP contribution >= 0.6 is 24.0 Å². The van der Waals surface area contributed by atoms with E-state index < -0.39 is 5.91 Å². The van der Waals surface area contributed by atoms with Gasteiger partial charge in [-0.15, -0.1) is 30.6 Å². The molecule has 0 radical (unpaired) electrons. The molecule has 2 rings (SSSR count). The van der Waals surface area contributed by atoms with E-state index in [1.165, 1.54) is 0 Å². The Morgan fingerprint density at radius 1 is 1.50 bits per heavy atom. The van der Waals surface area contributed by atoms with Crippen LogP contribution in [0.1, 0.15) is 29.2 Å². The summed E-state index contributed by atoms with van der Waals surface area (Å²) in [4.78, 5) is 17.6. The third-order valence-electron chi connectivity index (χ3n) is 3.87. The molecule has 0 atom stereocenters. The number of nitrogens with one attached hydrogen (secondary N) is 2. The van der Waals surface area contributed by atoms with Crippen LogP contribution in [-0.2, 0) is 6.54 Å². The summed E-state index contributed by atoms with van der Waals surface area (Å²) in [5.74, 6) is 0.969. The summed E-state index contributed by atoms with van der Waals surface area (Å²) in [5.41, 5.74) is 5.17. The zero-order valence-corrected chi connectivity index (χ0v) is 16.3. The normalized spacial score (nSPS) is 16.3. The van der Waals surface area contributed by atoms with Crippen molar-refractivity contribution in [3.63, 3.8) is 0 Å². The van der Waals surface area contributed by atoms with Gasteiger partial charge in [-0.3, -0.25) is 14.7 Å². The molecule has 2 heterocycles. The van der Waals surface area contributed by atoms with E-state index in [0.717, 1.165) is 38.4 Å². The SMILES string of the molecule is C=CCN1CCC(NC(=NC)NCc2ccc(C(N)=O)o2)CC1.I. The van der Waals surface area contributed by atoms with Gasteiger partial charge in [0.25, 0.3) is 5.91 Å². The van der Waals surface area contributed by atoms with Crippen LogP contribution < -0.4 is 16.4 Å². The summed E-state index contributed by atoms with van der Waals surface area (Å²) in [6, 6.07) is 3.71. The van der Waals surface area contributed by atoms with Gasteiger partial charge in [0.1, 0.15) is 5.76 Å². The first-order valence-electron chi connectivity index (χ1n) is 7.81. The fourth-order valence-corrected chi connectivity index (χ4v) is 2.61.